The zero-order chi connectivity index (χ0) is 18.8. The van der Waals surface area contributed by atoms with Crippen LogP contribution < -0.4 is 5.32 Å². The standard InChI is InChI=1S/C13H19NO2S.C6H11NO2/c1-3-16-13(15)11-9-7-5-4-6-8-10(9)17-12(11)14-2;8-4-1-7-2-5-9-6-3-7/h14H,3-8H2,1-2H3;4H,1-3,5-6H2. The van der Waals surface area contributed by atoms with Crippen molar-refractivity contribution in [1.82, 2.24) is 4.90 Å². The Morgan fingerprint density at radius 1 is 1.27 bits per heavy atom. The minimum Gasteiger partial charge on any atom is -0.462 e. The van der Waals surface area contributed by atoms with E-state index in [0.717, 1.165) is 56.0 Å². The Hall–Kier alpha value is -1.44. The van der Waals surface area contributed by atoms with Crippen molar-refractivity contribution in [3.63, 3.8) is 0 Å². The van der Waals surface area contributed by atoms with Crippen molar-refractivity contribution in [3.8, 4) is 0 Å². The first-order valence-corrected chi connectivity index (χ1v) is 10.3. The zero-order valence-electron chi connectivity index (χ0n) is 15.8. The number of fused-ring (bicyclic) bond motifs is 1. The molecule has 0 spiro atoms. The van der Waals surface area contributed by atoms with Crippen LogP contribution in [0.2, 0.25) is 0 Å². The van der Waals surface area contributed by atoms with Crippen molar-refractivity contribution >= 4 is 28.6 Å². The van der Waals surface area contributed by atoms with E-state index in [0.29, 0.717) is 13.2 Å². The summed E-state index contributed by atoms with van der Waals surface area (Å²) in [5, 5.41) is 4.10. The van der Waals surface area contributed by atoms with Gasteiger partial charge in [0, 0.05) is 25.0 Å². The summed E-state index contributed by atoms with van der Waals surface area (Å²) in [5.74, 6) is -0.170. The molecule has 1 saturated heterocycles. The fraction of sp³-hybridized carbons (Fsp3) is 0.684. The third-order valence-corrected chi connectivity index (χ3v) is 5.87. The van der Waals surface area contributed by atoms with Crippen LogP contribution in [0, 0.1) is 0 Å². The molecular weight excluding hydrogens is 352 g/mol. The van der Waals surface area contributed by atoms with Crippen molar-refractivity contribution in [3.05, 3.63) is 16.0 Å². The molecule has 1 aliphatic heterocycles. The number of aryl methyl sites for hydroxylation is 1. The number of thiophene rings is 1. The van der Waals surface area contributed by atoms with Crippen LogP contribution >= 0.6 is 11.3 Å². The van der Waals surface area contributed by atoms with Gasteiger partial charge in [-0.25, -0.2) is 4.79 Å². The van der Waals surface area contributed by atoms with Gasteiger partial charge in [0.25, 0.3) is 0 Å². The number of rotatable bonds is 5. The van der Waals surface area contributed by atoms with Gasteiger partial charge in [-0.1, -0.05) is 6.42 Å². The maximum atomic E-state index is 12.0. The van der Waals surface area contributed by atoms with Crippen LogP contribution in [0.15, 0.2) is 0 Å². The summed E-state index contributed by atoms with van der Waals surface area (Å²) in [6, 6.07) is 0. The number of carbonyl (C=O) groups excluding carboxylic acids is 2. The molecule has 0 saturated carbocycles. The van der Waals surface area contributed by atoms with Crippen LogP contribution in [0.4, 0.5) is 5.00 Å². The van der Waals surface area contributed by atoms with Crippen LogP contribution in [0.5, 0.6) is 0 Å². The van der Waals surface area contributed by atoms with Crippen LogP contribution in [-0.4, -0.2) is 63.7 Å². The topological polar surface area (TPSA) is 67.9 Å². The van der Waals surface area contributed by atoms with Crippen molar-refractivity contribution in [1.29, 1.82) is 0 Å². The van der Waals surface area contributed by atoms with Crippen LogP contribution in [0.3, 0.4) is 0 Å². The van der Waals surface area contributed by atoms with Gasteiger partial charge in [-0.3, -0.25) is 4.90 Å². The lowest BCUT2D eigenvalue weighted by atomic mass is 10.1. The highest BCUT2D eigenvalue weighted by molar-refractivity contribution is 7.16. The Bertz CT molecular complexity index is 582. The van der Waals surface area contributed by atoms with Crippen LogP contribution in [-0.2, 0) is 27.1 Å². The van der Waals surface area contributed by atoms with E-state index in [1.807, 2.05) is 14.0 Å². The van der Waals surface area contributed by atoms with Gasteiger partial charge in [0.05, 0.1) is 31.9 Å². The highest BCUT2D eigenvalue weighted by atomic mass is 32.1. The summed E-state index contributed by atoms with van der Waals surface area (Å²) in [6.07, 6.45) is 6.73. The first kappa shape index (κ1) is 20.9. The quantitative estimate of drug-likeness (QED) is 0.480. The molecule has 0 aromatic carbocycles. The summed E-state index contributed by atoms with van der Waals surface area (Å²) in [4.78, 5) is 25.5. The van der Waals surface area contributed by atoms with E-state index in [2.05, 4.69) is 10.2 Å². The van der Waals surface area contributed by atoms with Gasteiger partial charge in [0.15, 0.2) is 0 Å². The first-order valence-electron chi connectivity index (χ1n) is 9.44. The maximum Gasteiger partial charge on any atom is 0.341 e. The second-order valence-corrected chi connectivity index (χ2v) is 7.42. The number of nitrogens with one attached hydrogen (secondary N) is 1. The Balaban J connectivity index is 0.000000228. The van der Waals surface area contributed by atoms with E-state index in [9.17, 15) is 9.59 Å². The molecule has 26 heavy (non-hydrogen) atoms. The minimum absolute atomic E-state index is 0.170. The normalized spacial score (nSPS) is 17.3. The largest absolute Gasteiger partial charge is 0.462 e. The second-order valence-electron chi connectivity index (χ2n) is 6.32. The Kier molecular flexibility index (Phi) is 9.08. The summed E-state index contributed by atoms with van der Waals surface area (Å²) < 4.78 is 10.3. The lowest BCUT2D eigenvalue weighted by molar-refractivity contribution is -0.109. The molecule has 1 aromatic heterocycles. The van der Waals surface area contributed by atoms with Crippen LogP contribution in [0.25, 0.3) is 0 Å². The zero-order valence-corrected chi connectivity index (χ0v) is 16.7. The van der Waals surface area contributed by atoms with Gasteiger partial charge in [-0.2, -0.15) is 0 Å². The van der Waals surface area contributed by atoms with Gasteiger partial charge in [0.2, 0.25) is 0 Å². The number of anilines is 1. The molecule has 0 amide bonds. The highest BCUT2D eigenvalue weighted by Crippen LogP contribution is 2.37. The number of ether oxygens (including phenoxy) is 2. The summed E-state index contributed by atoms with van der Waals surface area (Å²) >= 11 is 1.72. The van der Waals surface area contributed by atoms with E-state index >= 15 is 0 Å². The second kappa shape index (κ2) is 11.3. The first-order chi connectivity index (χ1) is 12.7. The van der Waals surface area contributed by atoms with Gasteiger partial charge in [0.1, 0.15) is 11.3 Å². The molecule has 146 valence electrons. The lowest BCUT2D eigenvalue weighted by Gasteiger charge is -2.23. The fourth-order valence-corrected chi connectivity index (χ4v) is 4.46. The SMILES string of the molecule is CCOC(=O)c1c(NC)sc2c1CCCCC2.O=CCN1CCOCC1. The van der Waals surface area contributed by atoms with Crippen molar-refractivity contribution < 1.29 is 19.1 Å². The van der Waals surface area contributed by atoms with Crippen molar-refractivity contribution in [2.45, 2.75) is 39.0 Å². The van der Waals surface area contributed by atoms with E-state index in [-0.39, 0.29) is 5.97 Å². The average molecular weight is 383 g/mol. The van der Waals surface area contributed by atoms with Gasteiger partial charge < -0.3 is 19.6 Å². The van der Waals surface area contributed by atoms with Crippen molar-refractivity contribution in [2.24, 2.45) is 0 Å². The summed E-state index contributed by atoms with van der Waals surface area (Å²) in [6.45, 7) is 6.19. The third-order valence-electron chi connectivity index (χ3n) is 4.56. The molecule has 2 heterocycles. The third kappa shape index (κ3) is 5.79. The molecule has 0 atom stereocenters. The van der Waals surface area contributed by atoms with E-state index in [4.69, 9.17) is 9.47 Å². The van der Waals surface area contributed by atoms with Gasteiger partial charge in [-0.15, -0.1) is 11.3 Å². The molecule has 1 fully saturated rings. The Labute approximate surface area is 159 Å². The smallest absolute Gasteiger partial charge is 0.341 e. The average Bonchev–Trinajstić information content (AvgIpc) is 2.85. The number of morpholine rings is 1. The summed E-state index contributed by atoms with van der Waals surface area (Å²) in [7, 11) is 1.87. The molecule has 3 rings (SSSR count). The number of hydrogen-bond acceptors (Lipinski definition) is 7. The maximum absolute atomic E-state index is 12.0. The number of nitrogens with zero attached hydrogens (tertiary/aromatic N) is 1. The number of esters is 1. The molecule has 1 aromatic rings. The van der Waals surface area contributed by atoms with Crippen LogP contribution in [0.1, 0.15) is 47.0 Å². The molecule has 1 N–H and O–H groups in total. The lowest BCUT2D eigenvalue weighted by Crippen LogP contribution is -2.37. The number of hydrogen-bond donors (Lipinski definition) is 1. The van der Waals surface area contributed by atoms with E-state index in [1.54, 1.807) is 11.3 Å². The monoisotopic (exact) mass is 382 g/mol. The molecule has 1 aliphatic carbocycles. The molecule has 7 heteroatoms. The van der Waals surface area contributed by atoms with E-state index < -0.39 is 0 Å². The molecule has 0 bridgehead atoms. The van der Waals surface area contributed by atoms with Gasteiger partial charge >= 0.3 is 5.97 Å². The van der Waals surface area contributed by atoms with Crippen molar-refractivity contribution in [2.75, 3.05) is 51.8 Å². The highest BCUT2D eigenvalue weighted by Gasteiger charge is 2.24. The Morgan fingerprint density at radius 3 is 2.65 bits per heavy atom. The fourth-order valence-electron chi connectivity index (χ4n) is 3.23. The minimum atomic E-state index is -0.170. The predicted molar refractivity (Wildman–Crippen MR) is 104 cm³/mol. The summed E-state index contributed by atoms with van der Waals surface area (Å²) in [5.41, 5.74) is 2.02. The number of aldehydes is 1. The molecule has 2 aliphatic rings. The molecule has 0 unspecified atom stereocenters. The number of carbonyl (C=O) groups is 2. The predicted octanol–water partition coefficient (Wildman–Crippen LogP) is 2.75. The Morgan fingerprint density at radius 2 is 2.00 bits per heavy atom. The molecule has 6 nitrogen and oxygen atoms in total. The van der Waals surface area contributed by atoms with Gasteiger partial charge in [-0.05, 0) is 38.2 Å². The molecular formula is C19H30N2O4S. The molecule has 0 radical (unpaired) electrons. The van der Waals surface area contributed by atoms with E-state index in [1.165, 1.54) is 29.7 Å².